The number of nitrogens with zero attached hydrogens (tertiary/aromatic N) is 2. The molecule has 6 nitrogen and oxygen atoms in total. The van der Waals surface area contributed by atoms with Gasteiger partial charge < -0.3 is 19.3 Å². The van der Waals surface area contributed by atoms with E-state index in [2.05, 4.69) is 9.64 Å². The zero-order chi connectivity index (χ0) is 13.9. The molecule has 0 spiro atoms. The van der Waals surface area contributed by atoms with E-state index < -0.39 is 11.9 Å². The molecule has 6 heteroatoms. The van der Waals surface area contributed by atoms with E-state index in [1.165, 1.54) is 0 Å². The normalized spacial score (nSPS) is 20.0. The van der Waals surface area contributed by atoms with Gasteiger partial charge >= 0.3 is 11.9 Å². The van der Waals surface area contributed by atoms with Crippen LogP contribution in [-0.2, 0) is 19.1 Å². The van der Waals surface area contributed by atoms with Gasteiger partial charge in [-0.25, -0.2) is 9.59 Å². The molecule has 1 aromatic rings. The van der Waals surface area contributed by atoms with Crippen LogP contribution in [0.5, 0.6) is 0 Å². The number of cyclic esters (lactones) is 2. The standard InChI is InChI=1S/C14H16N2O4/c17-13-9-16(10-14(18)20-13)12-3-1-11(2-4-12)15-5-7-19-8-6-15/h1-4H,5-10H2. The highest BCUT2D eigenvalue weighted by Gasteiger charge is 2.25. The highest BCUT2D eigenvalue weighted by molar-refractivity contribution is 5.94. The van der Waals surface area contributed by atoms with Crippen molar-refractivity contribution in [3.8, 4) is 0 Å². The van der Waals surface area contributed by atoms with Crippen LogP contribution in [0.4, 0.5) is 11.4 Å². The van der Waals surface area contributed by atoms with Crippen molar-refractivity contribution in [2.45, 2.75) is 0 Å². The molecule has 0 radical (unpaired) electrons. The number of esters is 2. The third kappa shape index (κ3) is 2.75. The van der Waals surface area contributed by atoms with Crippen molar-refractivity contribution in [3.05, 3.63) is 24.3 Å². The lowest BCUT2D eigenvalue weighted by atomic mass is 10.2. The molecule has 3 rings (SSSR count). The van der Waals surface area contributed by atoms with Gasteiger partial charge in [-0.3, -0.25) is 0 Å². The first kappa shape index (κ1) is 12.9. The Bertz CT molecular complexity index is 492. The summed E-state index contributed by atoms with van der Waals surface area (Å²) in [7, 11) is 0. The zero-order valence-electron chi connectivity index (χ0n) is 11.1. The number of carbonyl (C=O) groups is 2. The monoisotopic (exact) mass is 276 g/mol. The Morgan fingerprint density at radius 1 is 0.800 bits per heavy atom. The third-order valence-corrected chi connectivity index (χ3v) is 3.46. The van der Waals surface area contributed by atoms with Crippen molar-refractivity contribution in [1.29, 1.82) is 0 Å². The number of hydrogen-bond acceptors (Lipinski definition) is 6. The van der Waals surface area contributed by atoms with E-state index in [1.54, 1.807) is 4.90 Å². The van der Waals surface area contributed by atoms with E-state index in [1.807, 2.05) is 24.3 Å². The maximum atomic E-state index is 11.3. The lowest BCUT2D eigenvalue weighted by Gasteiger charge is -2.30. The largest absolute Gasteiger partial charge is 0.390 e. The van der Waals surface area contributed by atoms with Gasteiger partial charge in [-0.15, -0.1) is 0 Å². The average Bonchev–Trinajstić information content (AvgIpc) is 2.47. The summed E-state index contributed by atoms with van der Waals surface area (Å²) in [4.78, 5) is 26.5. The molecule has 2 aliphatic heterocycles. The number of hydrogen-bond donors (Lipinski definition) is 0. The molecule has 2 saturated heterocycles. The van der Waals surface area contributed by atoms with Gasteiger partial charge in [0.2, 0.25) is 0 Å². The molecule has 0 saturated carbocycles. The second kappa shape index (κ2) is 5.50. The SMILES string of the molecule is O=C1CN(c2ccc(N3CCOCC3)cc2)CC(=O)O1. The Morgan fingerprint density at radius 3 is 1.85 bits per heavy atom. The molecule has 0 atom stereocenters. The maximum absolute atomic E-state index is 11.3. The second-order valence-electron chi connectivity index (χ2n) is 4.82. The predicted octanol–water partition coefficient (Wildman–Crippen LogP) is 0.413. The summed E-state index contributed by atoms with van der Waals surface area (Å²) in [5, 5.41) is 0. The van der Waals surface area contributed by atoms with Crippen molar-refractivity contribution in [1.82, 2.24) is 0 Å². The van der Waals surface area contributed by atoms with E-state index in [-0.39, 0.29) is 13.1 Å². The van der Waals surface area contributed by atoms with Crippen LogP contribution in [0.3, 0.4) is 0 Å². The van der Waals surface area contributed by atoms with Crippen LogP contribution in [0.2, 0.25) is 0 Å². The van der Waals surface area contributed by atoms with Gasteiger partial charge in [0.1, 0.15) is 13.1 Å². The Morgan fingerprint density at radius 2 is 1.30 bits per heavy atom. The lowest BCUT2D eigenvalue weighted by molar-refractivity contribution is -0.160. The van der Waals surface area contributed by atoms with Crippen molar-refractivity contribution in [2.75, 3.05) is 49.2 Å². The molecule has 0 unspecified atom stereocenters. The van der Waals surface area contributed by atoms with Crippen molar-refractivity contribution in [2.24, 2.45) is 0 Å². The molecule has 0 aromatic heterocycles. The number of morpholine rings is 2. The third-order valence-electron chi connectivity index (χ3n) is 3.46. The molecule has 20 heavy (non-hydrogen) atoms. The summed E-state index contributed by atoms with van der Waals surface area (Å²) < 4.78 is 9.84. The van der Waals surface area contributed by atoms with E-state index in [0.717, 1.165) is 37.7 Å². The van der Waals surface area contributed by atoms with Gasteiger partial charge in [0.05, 0.1) is 13.2 Å². The predicted molar refractivity (Wildman–Crippen MR) is 72.8 cm³/mol. The Balaban J connectivity index is 1.72. The fraction of sp³-hybridized carbons (Fsp3) is 0.429. The number of carbonyl (C=O) groups excluding carboxylic acids is 2. The van der Waals surface area contributed by atoms with Crippen LogP contribution in [-0.4, -0.2) is 51.3 Å². The van der Waals surface area contributed by atoms with Crippen LogP contribution in [0.15, 0.2) is 24.3 Å². The molecule has 0 N–H and O–H groups in total. The molecular formula is C14H16N2O4. The summed E-state index contributed by atoms with van der Waals surface area (Å²) in [5.74, 6) is -1.00. The minimum Gasteiger partial charge on any atom is -0.390 e. The summed E-state index contributed by atoms with van der Waals surface area (Å²) in [6.45, 7) is 3.48. The van der Waals surface area contributed by atoms with Crippen LogP contribution in [0, 0.1) is 0 Å². The van der Waals surface area contributed by atoms with Gasteiger partial charge in [-0.2, -0.15) is 0 Å². The average molecular weight is 276 g/mol. The molecule has 2 heterocycles. The second-order valence-corrected chi connectivity index (χ2v) is 4.82. The Hall–Kier alpha value is -2.08. The first-order valence-electron chi connectivity index (χ1n) is 6.63. The molecule has 0 amide bonds. The molecule has 1 aromatic carbocycles. The van der Waals surface area contributed by atoms with Gasteiger partial charge in [-0.1, -0.05) is 0 Å². The summed E-state index contributed by atoms with van der Waals surface area (Å²) in [5.41, 5.74) is 1.98. The van der Waals surface area contributed by atoms with Crippen LogP contribution >= 0.6 is 0 Å². The minimum atomic E-state index is -0.501. The highest BCUT2D eigenvalue weighted by Crippen LogP contribution is 2.22. The smallest absolute Gasteiger partial charge is 0.333 e. The van der Waals surface area contributed by atoms with Crippen LogP contribution in [0.1, 0.15) is 0 Å². The quantitative estimate of drug-likeness (QED) is 0.576. The number of rotatable bonds is 2. The summed E-state index contributed by atoms with van der Waals surface area (Å²) in [6, 6.07) is 7.86. The zero-order valence-corrected chi connectivity index (χ0v) is 11.1. The van der Waals surface area contributed by atoms with Crippen LogP contribution < -0.4 is 9.80 Å². The summed E-state index contributed by atoms with van der Waals surface area (Å²) in [6.07, 6.45) is 0. The van der Waals surface area contributed by atoms with Crippen LogP contribution in [0.25, 0.3) is 0 Å². The molecule has 2 aliphatic rings. The van der Waals surface area contributed by atoms with E-state index in [9.17, 15) is 9.59 Å². The van der Waals surface area contributed by atoms with Gasteiger partial charge in [0, 0.05) is 24.5 Å². The molecule has 106 valence electrons. The topological polar surface area (TPSA) is 59.1 Å². The van der Waals surface area contributed by atoms with Gasteiger partial charge in [0.25, 0.3) is 0 Å². The fourth-order valence-electron chi connectivity index (χ4n) is 2.44. The lowest BCUT2D eigenvalue weighted by Crippen LogP contribution is -2.43. The van der Waals surface area contributed by atoms with Crippen molar-refractivity contribution >= 4 is 23.3 Å². The van der Waals surface area contributed by atoms with E-state index in [4.69, 9.17) is 4.74 Å². The fourth-order valence-corrected chi connectivity index (χ4v) is 2.44. The van der Waals surface area contributed by atoms with Gasteiger partial charge in [-0.05, 0) is 24.3 Å². The van der Waals surface area contributed by atoms with E-state index in [0.29, 0.717) is 0 Å². The van der Waals surface area contributed by atoms with Crippen molar-refractivity contribution in [3.63, 3.8) is 0 Å². The molecule has 0 aliphatic carbocycles. The maximum Gasteiger partial charge on any atom is 0.333 e. The molecule has 2 fully saturated rings. The number of benzene rings is 1. The first-order chi connectivity index (χ1) is 9.72. The van der Waals surface area contributed by atoms with E-state index >= 15 is 0 Å². The first-order valence-corrected chi connectivity index (χ1v) is 6.63. The highest BCUT2D eigenvalue weighted by atomic mass is 16.6. The minimum absolute atomic E-state index is 0.114. The number of anilines is 2. The molecular weight excluding hydrogens is 260 g/mol. The Labute approximate surface area is 116 Å². The molecule has 0 bridgehead atoms. The van der Waals surface area contributed by atoms with Crippen molar-refractivity contribution < 1.29 is 19.1 Å². The number of ether oxygens (including phenoxy) is 2. The van der Waals surface area contributed by atoms with Gasteiger partial charge in [0.15, 0.2) is 0 Å². The Kier molecular flexibility index (Phi) is 3.56. The summed E-state index contributed by atoms with van der Waals surface area (Å²) >= 11 is 0.